The zero-order valence-electron chi connectivity index (χ0n) is 14.2. The van der Waals surface area contributed by atoms with Crippen LogP contribution in [0.15, 0.2) is 48.8 Å². The number of amides is 1. The zero-order valence-corrected chi connectivity index (χ0v) is 15.0. The van der Waals surface area contributed by atoms with E-state index in [0.717, 1.165) is 5.56 Å². The molecule has 0 saturated heterocycles. The Kier molecular flexibility index (Phi) is 5.93. The number of methoxy groups -OCH3 is 1. The molecule has 0 saturated carbocycles. The largest absolute Gasteiger partial charge is 0.385 e. The molecule has 3 aromatic rings. The lowest BCUT2D eigenvalue weighted by Gasteiger charge is -2.10. The molecule has 0 fully saturated rings. The van der Waals surface area contributed by atoms with E-state index in [4.69, 9.17) is 16.3 Å². The van der Waals surface area contributed by atoms with Gasteiger partial charge in [-0.15, -0.1) is 5.10 Å². The number of para-hydroxylation sites is 1. The summed E-state index contributed by atoms with van der Waals surface area (Å²) in [5.41, 5.74) is 2.21. The topological polar surface area (TPSA) is 81.9 Å². The first-order valence-electron chi connectivity index (χ1n) is 8.10. The maximum atomic E-state index is 12.6. The Bertz CT molecular complexity index is 882. The quantitative estimate of drug-likeness (QED) is 0.646. The maximum Gasteiger partial charge on any atom is 0.274 e. The first-order chi connectivity index (χ1) is 12.7. The average molecular weight is 372 g/mol. The van der Waals surface area contributed by atoms with E-state index in [2.05, 4.69) is 20.6 Å². The summed E-state index contributed by atoms with van der Waals surface area (Å²) in [6, 6.07) is 10.9. The van der Waals surface area contributed by atoms with Crippen molar-refractivity contribution in [2.75, 3.05) is 20.3 Å². The highest BCUT2D eigenvalue weighted by molar-refractivity contribution is 6.32. The fourth-order valence-corrected chi connectivity index (χ4v) is 2.71. The van der Waals surface area contributed by atoms with E-state index in [-0.39, 0.29) is 11.6 Å². The summed E-state index contributed by atoms with van der Waals surface area (Å²) in [6.07, 6.45) is 4.02. The summed E-state index contributed by atoms with van der Waals surface area (Å²) in [7, 11) is 1.62. The minimum Gasteiger partial charge on any atom is -0.385 e. The summed E-state index contributed by atoms with van der Waals surface area (Å²) in [6.45, 7) is 1.06. The Morgan fingerprint density at radius 2 is 2.00 bits per heavy atom. The van der Waals surface area contributed by atoms with Crippen LogP contribution in [0, 0.1) is 0 Å². The zero-order chi connectivity index (χ0) is 18.4. The van der Waals surface area contributed by atoms with E-state index in [0.29, 0.717) is 36.0 Å². The molecule has 2 heterocycles. The Balaban J connectivity index is 2.01. The molecule has 1 N–H and O–H groups in total. The molecule has 0 atom stereocenters. The summed E-state index contributed by atoms with van der Waals surface area (Å²) in [4.78, 5) is 16.6. The van der Waals surface area contributed by atoms with E-state index in [1.54, 1.807) is 42.4 Å². The van der Waals surface area contributed by atoms with Gasteiger partial charge in [0, 0.05) is 38.2 Å². The summed E-state index contributed by atoms with van der Waals surface area (Å²) in [5.74, 6) is -0.300. The number of aromatic nitrogens is 4. The molecule has 0 bridgehead atoms. The molecule has 3 rings (SSSR count). The first-order valence-corrected chi connectivity index (χ1v) is 8.48. The van der Waals surface area contributed by atoms with Gasteiger partial charge in [0.05, 0.1) is 10.7 Å². The lowest BCUT2D eigenvalue weighted by Crippen LogP contribution is -2.26. The molecule has 1 aromatic carbocycles. The van der Waals surface area contributed by atoms with E-state index < -0.39 is 0 Å². The maximum absolute atomic E-state index is 12.6. The van der Waals surface area contributed by atoms with Crippen molar-refractivity contribution in [2.45, 2.75) is 6.42 Å². The fourth-order valence-electron chi connectivity index (χ4n) is 2.50. The number of ether oxygens (including phenoxy) is 1. The number of nitrogens with one attached hydrogen (secondary N) is 1. The van der Waals surface area contributed by atoms with Crippen LogP contribution < -0.4 is 5.32 Å². The van der Waals surface area contributed by atoms with Crippen molar-refractivity contribution in [2.24, 2.45) is 0 Å². The van der Waals surface area contributed by atoms with Crippen molar-refractivity contribution in [3.63, 3.8) is 0 Å². The molecular formula is C18H18ClN5O2. The van der Waals surface area contributed by atoms with E-state index >= 15 is 0 Å². The number of pyridine rings is 1. The van der Waals surface area contributed by atoms with Crippen molar-refractivity contribution >= 4 is 17.5 Å². The second-order valence-electron chi connectivity index (χ2n) is 5.49. The van der Waals surface area contributed by atoms with Crippen LogP contribution >= 0.6 is 11.6 Å². The molecule has 0 spiro atoms. The number of halogens is 1. The van der Waals surface area contributed by atoms with Gasteiger partial charge in [0.15, 0.2) is 5.69 Å². The lowest BCUT2D eigenvalue weighted by molar-refractivity contribution is 0.0944. The van der Waals surface area contributed by atoms with Crippen molar-refractivity contribution in [1.29, 1.82) is 0 Å². The van der Waals surface area contributed by atoms with Gasteiger partial charge in [0.2, 0.25) is 0 Å². The van der Waals surface area contributed by atoms with Gasteiger partial charge >= 0.3 is 0 Å². The van der Waals surface area contributed by atoms with Gasteiger partial charge in [0.1, 0.15) is 5.69 Å². The normalized spacial score (nSPS) is 10.7. The highest BCUT2D eigenvalue weighted by Gasteiger charge is 2.22. The minimum atomic E-state index is -0.300. The summed E-state index contributed by atoms with van der Waals surface area (Å²) in [5, 5.41) is 11.6. The molecule has 0 unspecified atom stereocenters. The smallest absolute Gasteiger partial charge is 0.274 e. The Morgan fingerprint density at radius 3 is 2.73 bits per heavy atom. The van der Waals surface area contributed by atoms with Gasteiger partial charge in [-0.1, -0.05) is 28.9 Å². The average Bonchev–Trinajstić information content (AvgIpc) is 3.11. The van der Waals surface area contributed by atoms with Crippen LogP contribution in [0.2, 0.25) is 5.02 Å². The predicted molar refractivity (Wildman–Crippen MR) is 98.4 cm³/mol. The van der Waals surface area contributed by atoms with Crippen molar-refractivity contribution < 1.29 is 9.53 Å². The van der Waals surface area contributed by atoms with Gasteiger partial charge in [-0.05, 0) is 30.7 Å². The van der Waals surface area contributed by atoms with E-state index in [9.17, 15) is 4.79 Å². The van der Waals surface area contributed by atoms with Gasteiger partial charge in [0.25, 0.3) is 5.91 Å². The van der Waals surface area contributed by atoms with Crippen LogP contribution in [0.25, 0.3) is 16.9 Å². The van der Waals surface area contributed by atoms with Crippen LogP contribution in [0.5, 0.6) is 0 Å². The number of carbonyl (C=O) groups is 1. The van der Waals surface area contributed by atoms with Crippen molar-refractivity contribution in [3.05, 3.63) is 59.5 Å². The number of carbonyl (C=O) groups excluding carboxylic acids is 1. The van der Waals surface area contributed by atoms with E-state index in [1.807, 2.05) is 18.2 Å². The number of rotatable bonds is 7. The number of benzene rings is 1. The summed E-state index contributed by atoms with van der Waals surface area (Å²) < 4.78 is 6.56. The SMILES string of the molecule is COCCCNC(=O)c1nnn(-c2ccccc2Cl)c1-c1ccncc1. The molecule has 0 aliphatic heterocycles. The monoisotopic (exact) mass is 371 g/mol. The highest BCUT2D eigenvalue weighted by atomic mass is 35.5. The third kappa shape index (κ3) is 3.89. The van der Waals surface area contributed by atoms with Gasteiger partial charge in [-0.25, -0.2) is 4.68 Å². The van der Waals surface area contributed by atoms with Crippen LogP contribution in [0.4, 0.5) is 0 Å². The number of hydrogen-bond donors (Lipinski definition) is 1. The molecule has 1 amide bonds. The van der Waals surface area contributed by atoms with Crippen molar-refractivity contribution in [3.8, 4) is 16.9 Å². The first kappa shape index (κ1) is 18.0. The second-order valence-corrected chi connectivity index (χ2v) is 5.90. The molecular weight excluding hydrogens is 354 g/mol. The van der Waals surface area contributed by atoms with Crippen LogP contribution in [-0.4, -0.2) is 46.1 Å². The molecule has 0 aliphatic carbocycles. The Labute approximate surface area is 156 Å². The van der Waals surface area contributed by atoms with Crippen molar-refractivity contribution in [1.82, 2.24) is 25.3 Å². The summed E-state index contributed by atoms with van der Waals surface area (Å²) >= 11 is 6.31. The van der Waals surface area contributed by atoms with Gasteiger partial charge in [-0.3, -0.25) is 9.78 Å². The molecule has 8 heteroatoms. The molecule has 0 aliphatic rings. The van der Waals surface area contributed by atoms with Gasteiger partial charge < -0.3 is 10.1 Å². The van der Waals surface area contributed by atoms with Crippen LogP contribution in [0.1, 0.15) is 16.9 Å². The van der Waals surface area contributed by atoms with E-state index in [1.165, 1.54) is 0 Å². The van der Waals surface area contributed by atoms with Crippen LogP contribution in [0.3, 0.4) is 0 Å². The molecule has 2 aromatic heterocycles. The molecule has 7 nitrogen and oxygen atoms in total. The highest BCUT2D eigenvalue weighted by Crippen LogP contribution is 2.28. The number of nitrogens with zero attached hydrogens (tertiary/aromatic N) is 4. The fraction of sp³-hybridized carbons (Fsp3) is 0.222. The Morgan fingerprint density at radius 1 is 1.23 bits per heavy atom. The molecule has 26 heavy (non-hydrogen) atoms. The molecule has 0 radical (unpaired) electrons. The minimum absolute atomic E-state index is 0.230. The van der Waals surface area contributed by atoms with Gasteiger partial charge in [-0.2, -0.15) is 0 Å². The third-order valence-electron chi connectivity index (χ3n) is 3.73. The van der Waals surface area contributed by atoms with Crippen LogP contribution in [-0.2, 0) is 4.74 Å². The number of hydrogen-bond acceptors (Lipinski definition) is 5. The molecule has 134 valence electrons. The standard InChI is InChI=1S/C18H18ClN5O2/c1-26-12-4-9-21-18(25)16-17(13-7-10-20-11-8-13)24(23-22-16)15-6-3-2-5-14(15)19/h2-3,5-8,10-11H,4,9,12H2,1H3,(H,21,25). The second kappa shape index (κ2) is 8.55. The Hall–Kier alpha value is -2.77. The third-order valence-corrected chi connectivity index (χ3v) is 4.05. The lowest BCUT2D eigenvalue weighted by atomic mass is 10.1. The predicted octanol–water partition coefficient (Wildman–Crippen LogP) is 2.75.